The molecular weight excluding hydrogens is 340 g/mol. The minimum absolute atomic E-state index is 0.905. The van der Waals surface area contributed by atoms with Crippen molar-refractivity contribution in [1.82, 2.24) is 9.97 Å². The Morgan fingerprint density at radius 3 is 2.80 bits per heavy atom. The molecule has 0 aliphatic heterocycles. The van der Waals surface area contributed by atoms with Crippen molar-refractivity contribution < 1.29 is 0 Å². The Labute approximate surface area is 109 Å². The van der Waals surface area contributed by atoms with Crippen LogP contribution in [0.4, 0.5) is 0 Å². The van der Waals surface area contributed by atoms with Crippen molar-refractivity contribution >= 4 is 43.2 Å². The van der Waals surface area contributed by atoms with Gasteiger partial charge in [0, 0.05) is 20.5 Å². The third-order valence-electron chi connectivity index (χ3n) is 1.92. The van der Waals surface area contributed by atoms with Crippen LogP contribution < -0.4 is 0 Å². The molecule has 15 heavy (non-hydrogen) atoms. The zero-order valence-electron chi connectivity index (χ0n) is 8.00. The predicted octanol–water partition coefficient (Wildman–Crippen LogP) is 4.29. The van der Waals surface area contributed by atoms with Crippen LogP contribution >= 0.6 is 43.2 Å². The molecule has 2 aromatic heterocycles. The number of pyridine rings is 1. The smallest absolute Gasteiger partial charge is 0.143 e. The molecule has 0 aromatic carbocycles. The zero-order valence-corrected chi connectivity index (χ0v) is 12.0. The highest BCUT2D eigenvalue weighted by molar-refractivity contribution is 9.11. The summed E-state index contributed by atoms with van der Waals surface area (Å²) >= 11 is 8.50. The number of aromatic nitrogens is 2. The first-order valence-corrected chi connectivity index (χ1v) is 6.93. The summed E-state index contributed by atoms with van der Waals surface area (Å²) in [6.45, 7) is 2.10. The number of hydrogen-bond acceptors (Lipinski definition) is 3. The fraction of sp³-hybridized carbons (Fsp3) is 0.200. The first kappa shape index (κ1) is 11.2. The Bertz CT molecular complexity index is 482. The molecule has 0 spiro atoms. The molecule has 2 aromatic rings. The van der Waals surface area contributed by atoms with Gasteiger partial charge in [-0.3, -0.25) is 4.98 Å². The summed E-state index contributed by atoms with van der Waals surface area (Å²) in [5.41, 5.74) is 2.02. The molecule has 2 heterocycles. The fourth-order valence-corrected chi connectivity index (χ4v) is 3.37. The van der Waals surface area contributed by atoms with Crippen molar-refractivity contribution in [2.75, 3.05) is 0 Å². The van der Waals surface area contributed by atoms with Gasteiger partial charge in [0.2, 0.25) is 0 Å². The van der Waals surface area contributed by atoms with Crippen LogP contribution in [0, 0.1) is 0 Å². The Kier molecular flexibility index (Phi) is 3.53. The largest absolute Gasteiger partial charge is 0.251 e. The highest BCUT2D eigenvalue weighted by Crippen LogP contribution is 2.30. The van der Waals surface area contributed by atoms with Gasteiger partial charge in [0.15, 0.2) is 0 Å². The second-order valence-corrected chi connectivity index (χ2v) is 5.61. The van der Waals surface area contributed by atoms with Crippen molar-refractivity contribution in [2.45, 2.75) is 13.3 Å². The van der Waals surface area contributed by atoms with Gasteiger partial charge in [0.25, 0.3) is 0 Å². The lowest BCUT2D eigenvalue weighted by atomic mass is 10.3. The Morgan fingerprint density at radius 1 is 1.40 bits per heavy atom. The number of rotatable bonds is 2. The summed E-state index contributed by atoms with van der Waals surface area (Å²) < 4.78 is 1.93. The van der Waals surface area contributed by atoms with Crippen LogP contribution in [0.15, 0.2) is 26.6 Å². The lowest BCUT2D eigenvalue weighted by molar-refractivity contribution is 1.06. The average molecular weight is 348 g/mol. The van der Waals surface area contributed by atoms with E-state index in [0.717, 1.165) is 31.8 Å². The molecule has 0 saturated carbocycles. The molecule has 0 N–H and O–H groups in total. The Balaban J connectivity index is 2.44. The molecule has 0 aliphatic rings. The van der Waals surface area contributed by atoms with Gasteiger partial charge in [-0.2, -0.15) is 0 Å². The summed E-state index contributed by atoms with van der Waals surface area (Å²) in [6, 6.07) is 1.98. The fourth-order valence-electron chi connectivity index (χ4n) is 1.15. The SMILES string of the molecule is CCc1csc(-c2ncc(Br)cc2Br)n1. The molecule has 0 aliphatic carbocycles. The van der Waals surface area contributed by atoms with Gasteiger partial charge in [-0.05, 0) is 44.3 Å². The molecule has 2 rings (SSSR count). The van der Waals surface area contributed by atoms with Gasteiger partial charge >= 0.3 is 0 Å². The van der Waals surface area contributed by atoms with E-state index in [4.69, 9.17) is 0 Å². The number of aryl methyl sites for hydroxylation is 1. The summed E-state index contributed by atoms with van der Waals surface area (Å²) in [4.78, 5) is 8.85. The standard InChI is InChI=1S/C10H8Br2N2S/c1-2-7-5-15-10(14-7)9-8(12)3-6(11)4-13-9/h3-5H,2H2,1H3. The highest BCUT2D eigenvalue weighted by Gasteiger charge is 2.09. The van der Waals surface area contributed by atoms with Crippen molar-refractivity contribution in [3.63, 3.8) is 0 Å². The minimum atomic E-state index is 0.905. The first-order valence-electron chi connectivity index (χ1n) is 4.46. The zero-order chi connectivity index (χ0) is 10.8. The topological polar surface area (TPSA) is 25.8 Å². The van der Waals surface area contributed by atoms with Gasteiger partial charge in [0.1, 0.15) is 10.7 Å². The van der Waals surface area contributed by atoms with Crippen LogP contribution in [0.3, 0.4) is 0 Å². The normalized spacial score (nSPS) is 10.6. The van der Waals surface area contributed by atoms with E-state index in [-0.39, 0.29) is 0 Å². The lowest BCUT2D eigenvalue weighted by Crippen LogP contribution is -1.86. The molecule has 0 unspecified atom stereocenters. The van der Waals surface area contributed by atoms with Gasteiger partial charge in [0.05, 0.1) is 5.69 Å². The van der Waals surface area contributed by atoms with Gasteiger partial charge in [-0.15, -0.1) is 11.3 Å². The molecule has 0 amide bonds. The first-order chi connectivity index (χ1) is 7.20. The van der Waals surface area contributed by atoms with E-state index in [1.165, 1.54) is 0 Å². The third-order valence-corrected chi connectivity index (χ3v) is 3.86. The van der Waals surface area contributed by atoms with Gasteiger partial charge in [-0.1, -0.05) is 6.92 Å². The van der Waals surface area contributed by atoms with E-state index < -0.39 is 0 Å². The van der Waals surface area contributed by atoms with Crippen LogP contribution in [-0.2, 0) is 6.42 Å². The third kappa shape index (κ3) is 2.46. The number of nitrogens with zero attached hydrogens (tertiary/aromatic N) is 2. The summed E-state index contributed by atoms with van der Waals surface area (Å²) in [6.07, 6.45) is 2.75. The van der Waals surface area contributed by atoms with Crippen LogP contribution in [0.5, 0.6) is 0 Å². The molecule has 0 saturated heterocycles. The second kappa shape index (κ2) is 4.72. The van der Waals surface area contributed by atoms with Crippen molar-refractivity contribution in [1.29, 1.82) is 0 Å². The van der Waals surface area contributed by atoms with E-state index in [9.17, 15) is 0 Å². The van der Waals surface area contributed by atoms with E-state index >= 15 is 0 Å². The highest BCUT2D eigenvalue weighted by atomic mass is 79.9. The van der Waals surface area contributed by atoms with Crippen LogP contribution in [0.25, 0.3) is 10.7 Å². The van der Waals surface area contributed by atoms with Crippen LogP contribution in [-0.4, -0.2) is 9.97 Å². The molecule has 5 heteroatoms. The molecule has 0 bridgehead atoms. The maximum Gasteiger partial charge on any atom is 0.143 e. The van der Waals surface area contributed by atoms with Crippen molar-refractivity contribution in [3.05, 3.63) is 32.3 Å². The molecule has 0 atom stereocenters. The van der Waals surface area contributed by atoms with E-state index in [0.29, 0.717) is 0 Å². The molecule has 0 fully saturated rings. The van der Waals surface area contributed by atoms with Crippen molar-refractivity contribution in [2.24, 2.45) is 0 Å². The molecular formula is C10H8Br2N2S. The summed E-state index contributed by atoms with van der Waals surface area (Å²) in [5.74, 6) is 0. The monoisotopic (exact) mass is 346 g/mol. The van der Waals surface area contributed by atoms with Gasteiger partial charge in [-0.25, -0.2) is 4.98 Å². The lowest BCUT2D eigenvalue weighted by Gasteiger charge is -1.99. The molecule has 2 nitrogen and oxygen atoms in total. The van der Waals surface area contributed by atoms with E-state index in [1.54, 1.807) is 17.5 Å². The maximum atomic E-state index is 4.50. The van der Waals surface area contributed by atoms with Crippen LogP contribution in [0.2, 0.25) is 0 Å². The number of hydrogen-bond donors (Lipinski definition) is 0. The summed E-state index contributed by atoms with van der Waals surface area (Å²) in [7, 11) is 0. The van der Waals surface area contributed by atoms with E-state index in [2.05, 4.69) is 54.1 Å². The predicted molar refractivity (Wildman–Crippen MR) is 70.1 cm³/mol. The van der Waals surface area contributed by atoms with E-state index in [1.807, 2.05) is 6.07 Å². The second-order valence-electron chi connectivity index (χ2n) is 2.98. The summed E-state index contributed by atoms with van der Waals surface area (Å²) in [5, 5.41) is 3.04. The quantitative estimate of drug-likeness (QED) is 0.809. The molecule has 78 valence electrons. The molecule has 0 radical (unpaired) electrons. The minimum Gasteiger partial charge on any atom is -0.251 e. The number of thiazole rings is 1. The van der Waals surface area contributed by atoms with Crippen LogP contribution in [0.1, 0.15) is 12.6 Å². The number of halogens is 2. The van der Waals surface area contributed by atoms with Gasteiger partial charge < -0.3 is 0 Å². The Morgan fingerprint density at radius 2 is 2.20 bits per heavy atom. The Hall–Kier alpha value is -0.260. The average Bonchev–Trinajstić information content (AvgIpc) is 2.66. The van der Waals surface area contributed by atoms with Crippen molar-refractivity contribution in [3.8, 4) is 10.7 Å². The maximum absolute atomic E-state index is 4.50.